The molecule has 1 aliphatic carbocycles. The Morgan fingerprint density at radius 1 is 1.10 bits per heavy atom. The van der Waals surface area contributed by atoms with Crippen LogP contribution in [0.5, 0.6) is 5.75 Å². The van der Waals surface area contributed by atoms with Gasteiger partial charge in [-0.1, -0.05) is 26.0 Å². The molecule has 0 bridgehead atoms. The lowest BCUT2D eigenvalue weighted by Gasteiger charge is -2.34. The van der Waals surface area contributed by atoms with Crippen molar-refractivity contribution in [2.45, 2.75) is 95.3 Å². The molecule has 0 radical (unpaired) electrons. The normalized spacial score (nSPS) is 29.2. The Kier molecular flexibility index (Phi) is 12.1. The van der Waals surface area contributed by atoms with Gasteiger partial charge < -0.3 is 29.7 Å². The van der Waals surface area contributed by atoms with Crippen LogP contribution in [0.1, 0.15) is 70.2 Å². The van der Waals surface area contributed by atoms with Crippen LogP contribution in [0.4, 0.5) is 18.0 Å². The van der Waals surface area contributed by atoms with Gasteiger partial charge in [-0.3, -0.25) is 18.9 Å². The van der Waals surface area contributed by atoms with Crippen molar-refractivity contribution < 1.29 is 60.1 Å². The number of esters is 1. The van der Waals surface area contributed by atoms with Crippen molar-refractivity contribution in [3.05, 3.63) is 42.0 Å². The second kappa shape index (κ2) is 15.6. The fraction of sp³-hybridized carbons (Fsp3) is 0.606. The fourth-order valence-corrected chi connectivity index (χ4v) is 6.72. The van der Waals surface area contributed by atoms with Crippen molar-refractivity contribution in [1.29, 1.82) is 0 Å². The summed E-state index contributed by atoms with van der Waals surface area (Å²) in [6.45, 7) is 4.52. The molecule has 2 heterocycles. The van der Waals surface area contributed by atoms with E-state index in [2.05, 4.69) is 10.6 Å². The van der Waals surface area contributed by atoms with Crippen molar-refractivity contribution in [1.82, 2.24) is 20.3 Å². The molecule has 14 nitrogen and oxygen atoms in total. The van der Waals surface area contributed by atoms with Crippen LogP contribution in [-0.2, 0) is 35.1 Å². The molecule has 4 rings (SSSR count). The fourth-order valence-electron chi connectivity index (χ4n) is 6.38. The summed E-state index contributed by atoms with van der Waals surface area (Å²) < 4.78 is 78.9. The maximum atomic E-state index is 14.4. The van der Waals surface area contributed by atoms with Crippen LogP contribution in [0.2, 0.25) is 0 Å². The Morgan fingerprint density at radius 3 is 2.37 bits per heavy atom. The van der Waals surface area contributed by atoms with Crippen LogP contribution in [0.3, 0.4) is 0 Å². The number of fused-ring (bicyclic) bond motifs is 2. The van der Waals surface area contributed by atoms with Crippen LogP contribution < -0.4 is 20.1 Å². The monoisotopic (exact) mass is 744 g/mol. The highest BCUT2D eigenvalue weighted by Crippen LogP contribution is 2.46. The Balaban J connectivity index is 1.69. The molecule has 8 unspecified atom stereocenters. The van der Waals surface area contributed by atoms with Crippen molar-refractivity contribution in [3.63, 3.8) is 0 Å². The SMILES string of the molecule is COc1ccc(C(=O)OC2CC3C(=O)NC4(C(=O)NS(=O)O)CC4C=CCCC(C)CC(C)C(NC(=O)OC(C)(C)C(F)(F)F)C(=O)N3C2)cc1. The highest BCUT2D eigenvalue weighted by atomic mass is 32.2. The molecule has 1 aromatic rings. The molecule has 18 heteroatoms. The minimum absolute atomic E-state index is 0.0501. The number of allylic oxidation sites excluding steroid dienone is 1. The highest BCUT2D eigenvalue weighted by Gasteiger charge is 2.61. The van der Waals surface area contributed by atoms with Crippen LogP contribution >= 0.6 is 0 Å². The minimum Gasteiger partial charge on any atom is -0.497 e. The molecule has 0 aromatic heterocycles. The van der Waals surface area contributed by atoms with Gasteiger partial charge in [-0.05, 0) is 75.6 Å². The Hall–Kier alpha value is -4.19. The number of rotatable bonds is 7. The molecule has 2 fully saturated rings. The molecule has 8 atom stereocenters. The van der Waals surface area contributed by atoms with E-state index in [-0.39, 0.29) is 30.9 Å². The number of alkyl halides is 3. The first-order chi connectivity index (χ1) is 23.8. The summed E-state index contributed by atoms with van der Waals surface area (Å²) in [5.41, 5.74) is -4.37. The van der Waals surface area contributed by atoms with Gasteiger partial charge in [0.05, 0.1) is 19.2 Å². The Morgan fingerprint density at radius 2 is 1.76 bits per heavy atom. The number of methoxy groups -OCH3 is 1. The summed E-state index contributed by atoms with van der Waals surface area (Å²) in [7, 11) is 1.45. The van der Waals surface area contributed by atoms with Crippen LogP contribution in [-0.4, -0.2) is 92.6 Å². The van der Waals surface area contributed by atoms with Gasteiger partial charge >= 0.3 is 18.2 Å². The topological polar surface area (TPSA) is 190 Å². The van der Waals surface area contributed by atoms with Gasteiger partial charge in [-0.25, -0.2) is 18.5 Å². The molecule has 2 aliphatic heterocycles. The number of ether oxygens (including phenoxy) is 3. The summed E-state index contributed by atoms with van der Waals surface area (Å²) in [5, 5.41) is 4.94. The van der Waals surface area contributed by atoms with Gasteiger partial charge in [0.25, 0.3) is 17.2 Å². The molecule has 1 saturated heterocycles. The van der Waals surface area contributed by atoms with Crippen LogP contribution in [0.15, 0.2) is 36.4 Å². The zero-order valence-electron chi connectivity index (χ0n) is 28.8. The predicted molar refractivity (Wildman–Crippen MR) is 175 cm³/mol. The number of hydrogen-bond acceptors (Lipinski definition) is 9. The van der Waals surface area contributed by atoms with Crippen LogP contribution in [0.25, 0.3) is 0 Å². The van der Waals surface area contributed by atoms with E-state index in [1.165, 1.54) is 31.4 Å². The van der Waals surface area contributed by atoms with Gasteiger partial charge in [0.2, 0.25) is 17.4 Å². The molecular weight excluding hydrogens is 701 g/mol. The average molecular weight is 745 g/mol. The second-order valence-corrected chi connectivity index (χ2v) is 14.5. The van der Waals surface area contributed by atoms with E-state index in [1.807, 2.05) is 17.7 Å². The largest absolute Gasteiger partial charge is 0.497 e. The van der Waals surface area contributed by atoms with E-state index in [0.29, 0.717) is 38.9 Å². The highest BCUT2D eigenvalue weighted by molar-refractivity contribution is 7.77. The van der Waals surface area contributed by atoms with E-state index in [4.69, 9.17) is 14.2 Å². The van der Waals surface area contributed by atoms with E-state index in [0.717, 1.165) is 4.90 Å². The quantitative estimate of drug-likeness (QED) is 0.183. The van der Waals surface area contributed by atoms with Crippen molar-refractivity contribution in [3.8, 4) is 5.75 Å². The number of nitrogens with zero attached hydrogens (tertiary/aromatic N) is 1. The molecule has 51 heavy (non-hydrogen) atoms. The van der Waals surface area contributed by atoms with E-state index in [1.54, 1.807) is 13.0 Å². The summed E-state index contributed by atoms with van der Waals surface area (Å²) in [6, 6.07) is 3.13. The smallest absolute Gasteiger partial charge is 0.427 e. The Bertz CT molecular complexity index is 1560. The van der Waals surface area contributed by atoms with Gasteiger partial charge in [0.15, 0.2) is 0 Å². The summed E-state index contributed by atoms with van der Waals surface area (Å²) >= 11 is -2.74. The van der Waals surface area contributed by atoms with Gasteiger partial charge in [0, 0.05) is 12.3 Å². The molecule has 0 spiro atoms. The number of nitrogens with one attached hydrogen (secondary N) is 3. The number of alkyl carbamates (subject to hydrolysis) is 1. The number of carbonyl (C=O) groups is 5. The third-order valence-corrected chi connectivity index (χ3v) is 9.86. The molecule has 1 aromatic carbocycles. The van der Waals surface area contributed by atoms with E-state index < -0.39 is 88.4 Å². The van der Waals surface area contributed by atoms with E-state index in [9.17, 15) is 45.9 Å². The Labute approximate surface area is 295 Å². The number of carbonyl (C=O) groups excluding carboxylic acids is 5. The summed E-state index contributed by atoms with van der Waals surface area (Å²) in [5.74, 6) is -4.18. The lowest BCUT2D eigenvalue weighted by molar-refractivity contribution is -0.244. The molecule has 1 saturated carbocycles. The van der Waals surface area contributed by atoms with Crippen molar-refractivity contribution in [2.75, 3.05) is 13.7 Å². The zero-order chi connectivity index (χ0) is 37.9. The van der Waals surface area contributed by atoms with Gasteiger partial charge in [0.1, 0.15) is 29.5 Å². The maximum Gasteiger partial charge on any atom is 0.427 e. The lowest BCUT2D eigenvalue weighted by Crippen LogP contribution is -2.59. The van der Waals surface area contributed by atoms with Crippen molar-refractivity contribution >= 4 is 41.1 Å². The average Bonchev–Trinajstić information content (AvgIpc) is 3.57. The third-order valence-electron chi connectivity index (χ3n) is 9.50. The number of amides is 4. The first-order valence-corrected chi connectivity index (χ1v) is 17.5. The number of halogens is 3. The second-order valence-electron chi connectivity index (χ2n) is 13.8. The molecular formula is C33H43F3N4O10S. The van der Waals surface area contributed by atoms with Crippen molar-refractivity contribution in [2.24, 2.45) is 17.8 Å². The minimum atomic E-state index is -4.92. The summed E-state index contributed by atoms with van der Waals surface area (Å²) in [4.78, 5) is 68.6. The molecule has 282 valence electrons. The first-order valence-electron chi connectivity index (χ1n) is 16.4. The van der Waals surface area contributed by atoms with E-state index >= 15 is 0 Å². The third kappa shape index (κ3) is 9.38. The molecule has 4 amide bonds. The molecule has 3 aliphatic rings. The van der Waals surface area contributed by atoms with Crippen LogP contribution in [0, 0.1) is 17.8 Å². The lowest BCUT2D eigenvalue weighted by atomic mass is 9.88. The maximum absolute atomic E-state index is 14.4. The summed E-state index contributed by atoms with van der Waals surface area (Å²) in [6.07, 6.45) is -2.62. The van der Waals surface area contributed by atoms with Gasteiger partial charge in [-0.15, -0.1) is 0 Å². The number of hydrogen-bond donors (Lipinski definition) is 4. The standard InChI is InChI=1S/C33H43F3N4O10S/c1-18-8-6-7-9-21-16-32(21,29(44)39-51(46)47)38-26(41)24-15-23(49-28(43)20-10-12-22(48-5)13-11-20)17-40(24)27(42)25(19(2)14-18)37-30(45)50-31(3,4)33(34,35)36/h7,9-13,18-19,21,23-25H,6,8,14-17H2,1-5H3,(H,37,45)(H,38,41)(H,39,44)(H,46,47). The number of benzene rings is 1. The zero-order valence-corrected chi connectivity index (χ0v) is 29.6. The van der Waals surface area contributed by atoms with Gasteiger partial charge in [-0.2, -0.15) is 13.2 Å². The predicted octanol–water partition coefficient (Wildman–Crippen LogP) is 3.40. The molecule has 4 N–H and O–H groups in total. The first kappa shape index (κ1) is 39.6.